The van der Waals surface area contributed by atoms with Gasteiger partial charge in [-0.1, -0.05) is 12.1 Å². The molecule has 0 saturated carbocycles. The standard InChI is InChI=1S/C16H24N4/c1-13(2)18-14(12-17)8-9-20-11-10-19(3)15-6-4-5-7-16(15)20/h4-7,13-14,18H,8-11H2,1-3H3. The predicted octanol–water partition coefficient (Wildman–Crippen LogP) is 2.22. The van der Waals surface area contributed by atoms with Gasteiger partial charge in [0, 0.05) is 32.7 Å². The number of anilines is 2. The quantitative estimate of drug-likeness (QED) is 0.892. The summed E-state index contributed by atoms with van der Waals surface area (Å²) < 4.78 is 0. The van der Waals surface area contributed by atoms with E-state index in [1.54, 1.807) is 0 Å². The van der Waals surface area contributed by atoms with Crippen LogP contribution in [-0.4, -0.2) is 38.8 Å². The third-order valence-corrected chi connectivity index (χ3v) is 3.72. The number of nitriles is 1. The van der Waals surface area contributed by atoms with Gasteiger partial charge in [-0.3, -0.25) is 5.32 Å². The summed E-state index contributed by atoms with van der Waals surface area (Å²) in [5.41, 5.74) is 2.56. The van der Waals surface area contributed by atoms with Crippen LogP contribution in [0.15, 0.2) is 24.3 Å². The first-order valence-electron chi connectivity index (χ1n) is 7.32. The maximum Gasteiger partial charge on any atom is 0.0971 e. The van der Waals surface area contributed by atoms with Crippen molar-refractivity contribution in [1.29, 1.82) is 5.26 Å². The summed E-state index contributed by atoms with van der Waals surface area (Å²) in [6.07, 6.45) is 0.854. The lowest BCUT2D eigenvalue weighted by atomic mass is 10.1. The molecule has 108 valence electrons. The highest BCUT2D eigenvalue weighted by Gasteiger charge is 2.20. The highest BCUT2D eigenvalue weighted by atomic mass is 15.2. The van der Waals surface area contributed by atoms with Gasteiger partial charge in [0.25, 0.3) is 0 Å². The first kappa shape index (κ1) is 14.7. The molecule has 4 heteroatoms. The van der Waals surface area contributed by atoms with Crippen molar-refractivity contribution in [2.75, 3.05) is 36.5 Å². The van der Waals surface area contributed by atoms with E-state index in [-0.39, 0.29) is 6.04 Å². The average molecular weight is 272 g/mol. The van der Waals surface area contributed by atoms with Gasteiger partial charge in [0.05, 0.1) is 23.5 Å². The van der Waals surface area contributed by atoms with E-state index >= 15 is 0 Å². The van der Waals surface area contributed by atoms with E-state index in [1.165, 1.54) is 11.4 Å². The molecule has 20 heavy (non-hydrogen) atoms. The van der Waals surface area contributed by atoms with E-state index in [2.05, 4.69) is 66.3 Å². The number of rotatable bonds is 5. The van der Waals surface area contributed by atoms with Gasteiger partial charge >= 0.3 is 0 Å². The third-order valence-electron chi connectivity index (χ3n) is 3.72. The van der Waals surface area contributed by atoms with Crippen LogP contribution in [0.4, 0.5) is 11.4 Å². The van der Waals surface area contributed by atoms with E-state index < -0.39 is 0 Å². The Morgan fingerprint density at radius 2 is 1.95 bits per heavy atom. The second-order valence-electron chi connectivity index (χ2n) is 5.69. The Balaban J connectivity index is 2.01. The molecule has 1 aliphatic heterocycles. The van der Waals surface area contributed by atoms with Crippen molar-refractivity contribution < 1.29 is 0 Å². The lowest BCUT2D eigenvalue weighted by molar-refractivity contribution is 0.502. The van der Waals surface area contributed by atoms with Gasteiger partial charge in [-0.15, -0.1) is 0 Å². The number of benzene rings is 1. The SMILES string of the molecule is CC(C)NC(C#N)CCN1CCN(C)c2ccccc21. The van der Waals surface area contributed by atoms with Gasteiger partial charge in [0.1, 0.15) is 0 Å². The molecule has 2 rings (SSSR count). The molecule has 0 aliphatic carbocycles. The predicted molar refractivity (Wildman–Crippen MR) is 84.2 cm³/mol. The largest absolute Gasteiger partial charge is 0.371 e. The number of hydrogen-bond donors (Lipinski definition) is 1. The minimum atomic E-state index is -0.0678. The maximum absolute atomic E-state index is 9.20. The van der Waals surface area contributed by atoms with Gasteiger partial charge in [0.15, 0.2) is 0 Å². The first-order chi connectivity index (χ1) is 9.61. The molecule has 1 aromatic rings. The number of nitrogens with zero attached hydrogens (tertiary/aromatic N) is 3. The highest BCUT2D eigenvalue weighted by molar-refractivity contribution is 5.73. The Hall–Kier alpha value is -1.73. The molecule has 1 aliphatic rings. The summed E-state index contributed by atoms with van der Waals surface area (Å²) in [5, 5.41) is 12.5. The minimum Gasteiger partial charge on any atom is -0.371 e. The smallest absolute Gasteiger partial charge is 0.0971 e. The second-order valence-corrected chi connectivity index (χ2v) is 5.69. The Labute approximate surface area is 122 Å². The number of fused-ring (bicyclic) bond motifs is 1. The van der Waals surface area contributed by atoms with Crippen LogP contribution in [0.2, 0.25) is 0 Å². The summed E-state index contributed by atoms with van der Waals surface area (Å²) in [6, 6.07) is 11.1. The van der Waals surface area contributed by atoms with E-state index in [0.717, 1.165) is 26.1 Å². The Kier molecular flexibility index (Phi) is 4.86. The third kappa shape index (κ3) is 3.43. The fraction of sp³-hybridized carbons (Fsp3) is 0.562. The van der Waals surface area contributed by atoms with Crippen molar-refractivity contribution >= 4 is 11.4 Å². The van der Waals surface area contributed by atoms with Crippen LogP contribution in [0.3, 0.4) is 0 Å². The molecule has 0 fully saturated rings. The van der Waals surface area contributed by atoms with Crippen molar-refractivity contribution in [3.8, 4) is 6.07 Å². The number of likely N-dealkylation sites (N-methyl/N-ethyl adjacent to an activating group) is 1. The monoisotopic (exact) mass is 272 g/mol. The zero-order valence-corrected chi connectivity index (χ0v) is 12.6. The van der Waals surface area contributed by atoms with Gasteiger partial charge in [-0.05, 0) is 32.4 Å². The molecule has 0 saturated heterocycles. The fourth-order valence-corrected chi connectivity index (χ4v) is 2.67. The van der Waals surface area contributed by atoms with Crippen molar-refractivity contribution in [3.05, 3.63) is 24.3 Å². The highest BCUT2D eigenvalue weighted by Crippen LogP contribution is 2.31. The zero-order chi connectivity index (χ0) is 14.5. The molecule has 1 atom stereocenters. The first-order valence-corrected chi connectivity index (χ1v) is 7.32. The van der Waals surface area contributed by atoms with Crippen molar-refractivity contribution in [2.24, 2.45) is 0 Å². The molecule has 4 nitrogen and oxygen atoms in total. The van der Waals surface area contributed by atoms with Crippen LogP contribution >= 0.6 is 0 Å². The Bertz CT molecular complexity index is 478. The molecule has 1 N–H and O–H groups in total. The van der Waals surface area contributed by atoms with Gasteiger partial charge in [0.2, 0.25) is 0 Å². The molecule has 1 aromatic carbocycles. The van der Waals surface area contributed by atoms with E-state index in [4.69, 9.17) is 0 Å². The molecule has 0 aromatic heterocycles. The normalized spacial score (nSPS) is 15.9. The molecule has 0 radical (unpaired) electrons. The Morgan fingerprint density at radius 3 is 2.60 bits per heavy atom. The summed E-state index contributed by atoms with van der Waals surface area (Å²) >= 11 is 0. The maximum atomic E-state index is 9.20. The van der Waals surface area contributed by atoms with Gasteiger partial charge in [-0.25, -0.2) is 0 Å². The second kappa shape index (κ2) is 6.62. The van der Waals surface area contributed by atoms with Crippen LogP contribution < -0.4 is 15.1 Å². The van der Waals surface area contributed by atoms with E-state index in [0.29, 0.717) is 6.04 Å². The van der Waals surface area contributed by atoms with Crippen LogP contribution in [-0.2, 0) is 0 Å². The fourth-order valence-electron chi connectivity index (χ4n) is 2.67. The van der Waals surface area contributed by atoms with Crippen molar-refractivity contribution in [2.45, 2.75) is 32.4 Å². The van der Waals surface area contributed by atoms with Crippen LogP contribution in [0.5, 0.6) is 0 Å². The average Bonchev–Trinajstić information content (AvgIpc) is 2.45. The Morgan fingerprint density at radius 1 is 1.25 bits per heavy atom. The number of para-hydroxylation sites is 2. The van der Waals surface area contributed by atoms with Gasteiger partial charge < -0.3 is 9.80 Å². The molecular weight excluding hydrogens is 248 g/mol. The van der Waals surface area contributed by atoms with Crippen LogP contribution in [0, 0.1) is 11.3 Å². The molecule has 1 unspecified atom stereocenters. The summed E-state index contributed by atoms with van der Waals surface area (Å²) in [7, 11) is 2.13. The zero-order valence-electron chi connectivity index (χ0n) is 12.6. The lowest BCUT2D eigenvalue weighted by Gasteiger charge is -2.37. The van der Waals surface area contributed by atoms with E-state index in [1.807, 2.05) is 0 Å². The van der Waals surface area contributed by atoms with E-state index in [9.17, 15) is 5.26 Å². The van der Waals surface area contributed by atoms with Gasteiger partial charge in [-0.2, -0.15) is 5.26 Å². The summed E-state index contributed by atoms with van der Waals surface area (Å²) in [4.78, 5) is 4.68. The van der Waals surface area contributed by atoms with Crippen molar-refractivity contribution in [1.82, 2.24) is 5.32 Å². The molecule has 1 heterocycles. The number of hydrogen-bond acceptors (Lipinski definition) is 4. The molecular formula is C16H24N4. The van der Waals surface area contributed by atoms with Crippen LogP contribution in [0.25, 0.3) is 0 Å². The lowest BCUT2D eigenvalue weighted by Crippen LogP contribution is -2.42. The molecule has 0 bridgehead atoms. The summed E-state index contributed by atoms with van der Waals surface area (Å²) in [5.74, 6) is 0. The summed E-state index contributed by atoms with van der Waals surface area (Å²) in [6.45, 7) is 7.13. The molecule has 0 spiro atoms. The molecule has 0 amide bonds. The number of nitrogens with one attached hydrogen (secondary N) is 1. The topological polar surface area (TPSA) is 42.3 Å². The minimum absolute atomic E-state index is 0.0678. The van der Waals surface area contributed by atoms with Crippen molar-refractivity contribution in [3.63, 3.8) is 0 Å². The van der Waals surface area contributed by atoms with Crippen LogP contribution in [0.1, 0.15) is 20.3 Å².